The van der Waals surface area contributed by atoms with E-state index in [-0.39, 0.29) is 12.8 Å². The quantitative estimate of drug-likeness (QED) is 0.682. The first-order valence-electron chi connectivity index (χ1n) is 4.77. The molecule has 0 aliphatic heterocycles. The van der Waals surface area contributed by atoms with Crippen LogP contribution in [0, 0.1) is 0 Å². The molecular formula is C8H16N2O4S. The first-order chi connectivity index (χ1) is 6.91. The summed E-state index contributed by atoms with van der Waals surface area (Å²) in [7, 11) is -4.02. The molecule has 0 aromatic heterocycles. The Morgan fingerprint density at radius 3 is 1.53 bits per heavy atom. The van der Waals surface area contributed by atoms with Crippen LogP contribution >= 0.6 is 0 Å². The van der Waals surface area contributed by atoms with Crippen molar-refractivity contribution in [3.8, 4) is 0 Å². The molecule has 0 aromatic rings. The summed E-state index contributed by atoms with van der Waals surface area (Å²) in [5, 5.41) is 0. The average Bonchev–Trinajstić information content (AvgIpc) is 2.01. The number of nitrogens with one attached hydrogen (secondary N) is 2. The number of amides is 2. The standard InChI is InChI=1S/C8H16N2O4S/c1-3-5-7(11)9-15(13,14)10-8(12)6-4-2/h3-6H2,1-2H3,(H,9,11)(H,10,12). The van der Waals surface area contributed by atoms with E-state index in [1.165, 1.54) is 0 Å². The molecule has 0 aliphatic carbocycles. The smallest absolute Gasteiger partial charge is 0.274 e. The maximum Gasteiger partial charge on any atom is 0.325 e. The molecule has 0 aliphatic rings. The number of hydrogen-bond acceptors (Lipinski definition) is 4. The molecule has 0 spiro atoms. The topological polar surface area (TPSA) is 92.3 Å². The SMILES string of the molecule is CCCC(=O)NS(=O)(=O)NC(=O)CCC. The molecule has 0 atom stereocenters. The highest BCUT2D eigenvalue weighted by Crippen LogP contribution is 1.90. The maximum atomic E-state index is 11.1. The van der Waals surface area contributed by atoms with Gasteiger partial charge in [0.25, 0.3) is 0 Å². The summed E-state index contributed by atoms with van der Waals surface area (Å²) in [6.07, 6.45) is 1.32. The second kappa shape index (κ2) is 6.39. The molecule has 0 aromatic carbocycles. The van der Waals surface area contributed by atoms with Crippen molar-refractivity contribution < 1.29 is 18.0 Å². The van der Waals surface area contributed by atoms with Crippen LogP contribution in [0.3, 0.4) is 0 Å². The monoisotopic (exact) mass is 236 g/mol. The molecule has 7 heteroatoms. The normalized spacial score (nSPS) is 10.8. The Morgan fingerprint density at radius 1 is 0.933 bits per heavy atom. The summed E-state index contributed by atoms with van der Waals surface area (Å²) in [6, 6.07) is 0. The van der Waals surface area contributed by atoms with Crippen LogP contribution in [-0.2, 0) is 19.8 Å². The molecule has 15 heavy (non-hydrogen) atoms. The van der Waals surface area contributed by atoms with Gasteiger partial charge in [0.1, 0.15) is 0 Å². The van der Waals surface area contributed by atoms with Crippen LogP contribution in [0.2, 0.25) is 0 Å². The van der Waals surface area contributed by atoms with Gasteiger partial charge in [0.05, 0.1) is 0 Å². The van der Waals surface area contributed by atoms with Crippen molar-refractivity contribution in [1.29, 1.82) is 0 Å². The van der Waals surface area contributed by atoms with Crippen LogP contribution in [0.5, 0.6) is 0 Å². The van der Waals surface area contributed by atoms with Gasteiger partial charge in [-0.05, 0) is 12.8 Å². The van der Waals surface area contributed by atoms with Crippen LogP contribution in [0.4, 0.5) is 0 Å². The first kappa shape index (κ1) is 13.9. The third-order valence-electron chi connectivity index (χ3n) is 1.45. The van der Waals surface area contributed by atoms with Crippen molar-refractivity contribution in [2.75, 3.05) is 0 Å². The Labute approximate surface area is 89.6 Å². The molecule has 0 rings (SSSR count). The third-order valence-corrected chi connectivity index (χ3v) is 2.44. The summed E-state index contributed by atoms with van der Waals surface area (Å²) in [6.45, 7) is 3.50. The van der Waals surface area contributed by atoms with Crippen molar-refractivity contribution in [1.82, 2.24) is 9.44 Å². The fourth-order valence-electron chi connectivity index (χ4n) is 0.881. The third kappa shape index (κ3) is 6.89. The second-order valence-electron chi connectivity index (χ2n) is 3.05. The summed E-state index contributed by atoms with van der Waals surface area (Å²) >= 11 is 0. The molecule has 0 saturated carbocycles. The zero-order chi connectivity index (χ0) is 11.9. The van der Waals surface area contributed by atoms with Gasteiger partial charge in [-0.15, -0.1) is 0 Å². The van der Waals surface area contributed by atoms with Crippen LogP contribution in [0.15, 0.2) is 0 Å². The van der Waals surface area contributed by atoms with Crippen LogP contribution < -0.4 is 9.44 Å². The lowest BCUT2D eigenvalue weighted by molar-refractivity contribution is -0.119. The number of rotatable bonds is 6. The molecular weight excluding hydrogens is 220 g/mol. The molecule has 88 valence electrons. The lowest BCUT2D eigenvalue weighted by atomic mass is 10.3. The maximum absolute atomic E-state index is 11.1. The molecule has 0 saturated heterocycles. The zero-order valence-electron chi connectivity index (χ0n) is 8.87. The highest BCUT2D eigenvalue weighted by Gasteiger charge is 2.15. The van der Waals surface area contributed by atoms with E-state index in [2.05, 4.69) is 0 Å². The predicted molar refractivity (Wildman–Crippen MR) is 55.0 cm³/mol. The highest BCUT2D eigenvalue weighted by molar-refractivity contribution is 7.88. The van der Waals surface area contributed by atoms with Gasteiger partial charge in [-0.1, -0.05) is 13.8 Å². The van der Waals surface area contributed by atoms with Crippen molar-refractivity contribution in [3.63, 3.8) is 0 Å². The van der Waals surface area contributed by atoms with Gasteiger partial charge < -0.3 is 0 Å². The lowest BCUT2D eigenvalue weighted by Crippen LogP contribution is -2.42. The summed E-state index contributed by atoms with van der Waals surface area (Å²) in [5.41, 5.74) is 0. The Kier molecular flexibility index (Phi) is 5.92. The summed E-state index contributed by atoms with van der Waals surface area (Å²) in [5.74, 6) is -1.23. The molecule has 0 unspecified atom stereocenters. The number of hydrogen-bond donors (Lipinski definition) is 2. The zero-order valence-corrected chi connectivity index (χ0v) is 9.69. The van der Waals surface area contributed by atoms with E-state index in [0.29, 0.717) is 12.8 Å². The molecule has 6 nitrogen and oxygen atoms in total. The van der Waals surface area contributed by atoms with Crippen molar-refractivity contribution >= 4 is 22.0 Å². The lowest BCUT2D eigenvalue weighted by Gasteiger charge is -2.06. The Balaban J connectivity index is 4.19. The average molecular weight is 236 g/mol. The first-order valence-corrected chi connectivity index (χ1v) is 6.25. The van der Waals surface area contributed by atoms with Gasteiger partial charge in [-0.25, -0.2) is 9.44 Å². The minimum atomic E-state index is -4.02. The summed E-state index contributed by atoms with van der Waals surface area (Å²) < 4.78 is 25.8. The van der Waals surface area contributed by atoms with Gasteiger partial charge in [-0.2, -0.15) is 8.42 Å². The van der Waals surface area contributed by atoms with Gasteiger partial charge in [-0.3, -0.25) is 9.59 Å². The van der Waals surface area contributed by atoms with Gasteiger partial charge in [0.15, 0.2) is 0 Å². The largest absolute Gasteiger partial charge is 0.325 e. The number of carbonyl (C=O) groups excluding carboxylic acids is 2. The molecule has 0 fully saturated rings. The van der Waals surface area contributed by atoms with Gasteiger partial charge in [0.2, 0.25) is 11.8 Å². The van der Waals surface area contributed by atoms with Crippen LogP contribution in [0.1, 0.15) is 39.5 Å². The van der Waals surface area contributed by atoms with E-state index in [4.69, 9.17) is 0 Å². The van der Waals surface area contributed by atoms with Crippen LogP contribution in [-0.4, -0.2) is 20.2 Å². The molecule has 0 heterocycles. The predicted octanol–water partition coefficient (Wildman–Crippen LogP) is 0.0638. The fraction of sp³-hybridized carbons (Fsp3) is 0.750. The minimum Gasteiger partial charge on any atom is -0.274 e. The molecule has 2 amide bonds. The van der Waals surface area contributed by atoms with Gasteiger partial charge >= 0.3 is 10.2 Å². The Bertz CT molecular complexity index is 298. The van der Waals surface area contributed by atoms with Crippen LogP contribution in [0.25, 0.3) is 0 Å². The Morgan fingerprint density at radius 2 is 1.27 bits per heavy atom. The fourth-order valence-corrected chi connectivity index (χ4v) is 1.74. The highest BCUT2D eigenvalue weighted by atomic mass is 32.2. The van der Waals surface area contributed by atoms with Crippen molar-refractivity contribution in [2.24, 2.45) is 0 Å². The van der Waals surface area contributed by atoms with E-state index in [1.54, 1.807) is 23.3 Å². The number of carbonyl (C=O) groups is 2. The molecule has 2 N–H and O–H groups in total. The van der Waals surface area contributed by atoms with E-state index >= 15 is 0 Å². The van der Waals surface area contributed by atoms with Gasteiger partial charge in [0, 0.05) is 12.8 Å². The summed E-state index contributed by atoms with van der Waals surface area (Å²) in [4.78, 5) is 21.9. The van der Waals surface area contributed by atoms with E-state index < -0.39 is 22.0 Å². The van der Waals surface area contributed by atoms with E-state index in [1.807, 2.05) is 0 Å². The minimum absolute atomic E-state index is 0.114. The second-order valence-corrected chi connectivity index (χ2v) is 4.47. The molecule has 0 radical (unpaired) electrons. The van der Waals surface area contributed by atoms with Crippen molar-refractivity contribution in [3.05, 3.63) is 0 Å². The van der Waals surface area contributed by atoms with E-state index in [0.717, 1.165) is 0 Å². The molecule has 0 bridgehead atoms. The van der Waals surface area contributed by atoms with E-state index in [9.17, 15) is 18.0 Å². The Hall–Kier alpha value is -1.11. The van der Waals surface area contributed by atoms with Crippen molar-refractivity contribution in [2.45, 2.75) is 39.5 Å².